The molecule has 0 spiro atoms. The van der Waals surface area contributed by atoms with Crippen molar-refractivity contribution < 1.29 is 5.11 Å². The first-order valence-electron chi connectivity index (χ1n) is 6.74. The normalized spacial score (nSPS) is 12.5. The molecular weight excluding hydrogens is 348 g/mol. The average molecular weight is 362 g/mol. The van der Waals surface area contributed by atoms with Crippen molar-refractivity contribution in [2.24, 2.45) is 0 Å². The minimum atomic E-state index is -0.584. The zero-order valence-electron chi connectivity index (χ0n) is 11.3. The summed E-state index contributed by atoms with van der Waals surface area (Å²) in [6, 6.07) is 20.0. The van der Waals surface area contributed by atoms with Crippen LogP contribution in [0.4, 0.5) is 0 Å². The van der Waals surface area contributed by atoms with Gasteiger partial charge >= 0.3 is 0 Å². The summed E-state index contributed by atoms with van der Waals surface area (Å²) in [4.78, 5) is 0. The second-order valence-corrected chi connectivity index (χ2v) is 6.36. The molecule has 0 aromatic heterocycles. The molecule has 0 bridgehead atoms. The molecule has 106 valence electrons. The van der Waals surface area contributed by atoms with Crippen LogP contribution in [0.15, 0.2) is 65.1 Å². The molecule has 3 rings (SSSR count). The van der Waals surface area contributed by atoms with E-state index in [9.17, 15) is 5.11 Å². The summed E-state index contributed by atoms with van der Waals surface area (Å²) in [5.41, 5.74) is 1.92. The van der Waals surface area contributed by atoms with E-state index in [0.29, 0.717) is 11.4 Å². The van der Waals surface area contributed by atoms with E-state index in [2.05, 4.69) is 46.3 Å². The van der Waals surface area contributed by atoms with Gasteiger partial charge in [-0.2, -0.15) is 0 Å². The van der Waals surface area contributed by atoms with Crippen molar-refractivity contribution in [2.75, 3.05) is 0 Å². The van der Waals surface area contributed by atoms with Crippen LogP contribution in [0, 0.1) is 0 Å². The Kier molecular flexibility index (Phi) is 4.29. The van der Waals surface area contributed by atoms with Gasteiger partial charge in [0.1, 0.15) is 0 Å². The second-order valence-electron chi connectivity index (χ2n) is 5.07. The fourth-order valence-electron chi connectivity index (χ4n) is 2.47. The maximum atomic E-state index is 10.5. The highest BCUT2D eigenvalue weighted by molar-refractivity contribution is 9.10. The number of hydrogen-bond donors (Lipinski definition) is 1. The minimum absolute atomic E-state index is 0.559. The monoisotopic (exact) mass is 360 g/mol. The number of benzene rings is 3. The van der Waals surface area contributed by atoms with Crippen LogP contribution in [0.5, 0.6) is 0 Å². The third-order valence-corrected chi connectivity index (χ3v) is 4.52. The van der Waals surface area contributed by atoms with Crippen molar-refractivity contribution in [3.63, 3.8) is 0 Å². The van der Waals surface area contributed by atoms with Crippen molar-refractivity contribution in [3.8, 4) is 0 Å². The van der Waals surface area contributed by atoms with Gasteiger partial charge in [0, 0.05) is 15.9 Å². The lowest BCUT2D eigenvalue weighted by molar-refractivity contribution is 0.178. The molecule has 0 radical (unpaired) electrons. The van der Waals surface area contributed by atoms with Crippen molar-refractivity contribution >= 4 is 38.3 Å². The molecule has 21 heavy (non-hydrogen) atoms. The summed E-state index contributed by atoms with van der Waals surface area (Å²) in [5, 5.41) is 13.5. The first-order chi connectivity index (χ1) is 10.1. The molecule has 0 aliphatic carbocycles. The molecule has 0 saturated heterocycles. The summed E-state index contributed by atoms with van der Waals surface area (Å²) in [7, 11) is 0. The number of aliphatic hydroxyl groups is 1. The van der Waals surface area contributed by atoms with Crippen LogP contribution in [0.3, 0.4) is 0 Å². The second kappa shape index (κ2) is 6.18. The summed E-state index contributed by atoms with van der Waals surface area (Å²) < 4.78 is 0.875. The van der Waals surface area contributed by atoms with Crippen LogP contribution >= 0.6 is 27.5 Å². The first kappa shape index (κ1) is 14.6. The zero-order valence-corrected chi connectivity index (χ0v) is 13.6. The van der Waals surface area contributed by atoms with Crippen LogP contribution in [0.25, 0.3) is 10.8 Å². The van der Waals surface area contributed by atoms with E-state index in [-0.39, 0.29) is 0 Å². The quantitative estimate of drug-likeness (QED) is 0.650. The maximum absolute atomic E-state index is 10.5. The van der Waals surface area contributed by atoms with Crippen molar-refractivity contribution in [2.45, 2.75) is 12.5 Å². The Labute approximate surface area is 137 Å². The number of halogens is 2. The Morgan fingerprint density at radius 1 is 0.952 bits per heavy atom. The van der Waals surface area contributed by atoms with E-state index in [0.717, 1.165) is 15.6 Å². The molecule has 0 saturated carbocycles. The standard InChI is InChI=1S/C18H14BrClO/c19-17-8-7-15(20)11-16(17)18(21)10-12-5-6-13-3-1-2-4-14(13)9-12/h1-9,11,18,21H,10H2. The Bertz CT molecular complexity index is 785. The van der Waals surface area contributed by atoms with Crippen molar-refractivity contribution in [3.05, 3.63) is 81.3 Å². The fourth-order valence-corrected chi connectivity index (χ4v) is 3.16. The number of hydrogen-bond acceptors (Lipinski definition) is 1. The highest BCUT2D eigenvalue weighted by atomic mass is 79.9. The number of aliphatic hydroxyl groups excluding tert-OH is 1. The lowest BCUT2D eigenvalue weighted by Crippen LogP contribution is -2.02. The van der Waals surface area contributed by atoms with Gasteiger partial charge in [-0.25, -0.2) is 0 Å². The lowest BCUT2D eigenvalue weighted by atomic mass is 9.99. The van der Waals surface area contributed by atoms with E-state index >= 15 is 0 Å². The Hall–Kier alpha value is -1.35. The molecular formula is C18H14BrClO. The molecule has 0 heterocycles. The topological polar surface area (TPSA) is 20.2 Å². The number of fused-ring (bicyclic) bond motifs is 1. The molecule has 0 amide bonds. The predicted molar refractivity (Wildman–Crippen MR) is 91.8 cm³/mol. The van der Waals surface area contributed by atoms with Gasteiger partial charge in [0.2, 0.25) is 0 Å². The molecule has 1 nitrogen and oxygen atoms in total. The van der Waals surface area contributed by atoms with Crippen molar-refractivity contribution in [1.82, 2.24) is 0 Å². The summed E-state index contributed by atoms with van der Waals surface area (Å²) in [6.45, 7) is 0. The molecule has 3 aromatic rings. The third-order valence-electron chi connectivity index (χ3n) is 3.56. The van der Waals surface area contributed by atoms with E-state index in [1.165, 1.54) is 10.8 Å². The van der Waals surface area contributed by atoms with Gasteiger partial charge in [-0.15, -0.1) is 0 Å². The van der Waals surface area contributed by atoms with Gasteiger partial charge in [0.05, 0.1) is 6.10 Å². The van der Waals surface area contributed by atoms with Crippen LogP contribution in [-0.2, 0) is 6.42 Å². The molecule has 0 fully saturated rings. The SMILES string of the molecule is OC(Cc1ccc2ccccc2c1)c1cc(Cl)ccc1Br. The summed E-state index contributed by atoms with van der Waals surface area (Å²) >= 11 is 9.48. The molecule has 0 aliphatic rings. The largest absolute Gasteiger partial charge is 0.388 e. The lowest BCUT2D eigenvalue weighted by Gasteiger charge is -2.14. The third kappa shape index (κ3) is 3.29. The van der Waals surface area contributed by atoms with Gasteiger partial charge in [-0.1, -0.05) is 70.0 Å². The highest BCUT2D eigenvalue weighted by Crippen LogP contribution is 2.29. The van der Waals surface area contributed by atoms with E-state index in [4.69, 9.17) is 11.6 Å². The first-order valence-corrected chi connectivity index (χ1v) is 7.91. The van der Waals surface area contributed by atoms with Gasteiger partial charge in [-0.05, 0) is 40.1 Å². The van der Waals surface area contributed by atoms with Gasteiger partial charge in [0.25, 0.3) is 0 Å². The van der Waals surface area contributed by atoms with Crippen LogP contribution < -0.4 is 0 Å². The van der Waals surface area contributed by atoms with E-state index in [1.807, 2.05) is 18.2 Å². The smallest absolute Gasteiger partial charge is 0.0841 e. The van der Waals surface area contributed by atoms with E-state index in [1.54, 1.807) is 12.1 Å². The van der Waals surface area contributed by atoms with Gasteiger partial charge in [-0.3, -0.25) is 0 Å². The fraction of sp³-hybridized carbons (Fsp3) is 0.111. The summed E-state index contributed by atoms with van der Waals surface area (Å²) in [6.07, 6.45) is -0.0247. The van der Waals surface area contributed by atoms with Gasteiger partial charge < -0.3 is 5.11 Å². The summed E-state index contributed by atoms with van der Waals surface area (Å²) in [5.74, 6) is 0. The molecule has 3 heteroatoms. The van der Waals surface area contributed by atoms with Gasteiger partial charge in [0.15, 0.2) is 0 Å². The van der Waals surface area contributed by atoms with Crippen LogP contribution in [0.2, 0.25) is 5.02 Å². The number of rotatable bonds is 3. The Morgan fingerprint density at radius 2 is 1.71 bits per heavy atom. The average Bonchev–Trinajstić information content (AvgIpc) is 2.49. The Balaban J connectivity index is 1.88. The molecule has 3 aromatic carbocycles. The Morgan fingerprint density at radius 3 is 2.52 bits per heavy atom. The van der Waals surface area contributed by atoms with Crippen molar-refractivity contribution in [1.29, 1.82) is 0 Å². The molecule has 1 atom stereocenters. The van der Waals surface area contributed by atoms with Crippen LogP contribution in [-0.4, -0.2) is 5.11 Å². The van der Waals surface area contributed by atoms with E-state index < -0.39 is 6.10 Å². The zero-order chi connectivity index (χ0) is 14.8. The molecule has 0 aliphatic heterocycles. The molecule has 1 N–H and O–H groups in total. The molecule has 1 unspecified atom stereocenters. The minimum Gasteiger partial charge on any atom is -0.388 e. The maximum Gasteiger partial charge on any atom is 0.0841 e. The van der Waals surface area contributed by atoms with Crippen LogP contribution in [0.1, 0.15) is 17.2 Å². The predicted octanol–water partition coefficient (Wildman–Crippen LogP) is 5.53. The highest BCUT2D eigenvalue weighted by Gasteiger charge is 2.13.